The third kappa shape index (κ3) is 5.60. The monoisotopic (exact) mass is 895 g/mol. The zero-order valence-electron chi connectivity index (χ0n) is 37.9. The fourth-order valence-electron chi connectivity index (χ4n) is 11.5. The number of rotatable bonds is 6. The van der Waals surface area contributed by atoms with Crippen LogP contribution in [-0.2, 0) is 6.42 Å². The first kappa shape index (κ1) is 38.7. The third-order valence-corrected chi connectivity index (χ3v) is 14.5. The number of fused-ring (bicyclic) bond motifs is 14. The molecule has 0 atom stereocenters. The van der Waals surface area contributed by atoms with Crippen LogP contribution >= 0.6 is 0 Å². The molecule has 0 amide bonds. The molecule has 70 heavy (non-hydrogen) atoms. The Bertz CT molecular complexity index is 4400. The minimum absolute atomic E-state index is 0.570. The van der Waals surface area contributed by atoms with Crippen LogP contribution in [0.15, 0.2) is 218 Å². The lowest BCUT2D eigenvalue weighted by atomic mass is 10.00. The molecule has 9 aromatic carbocycles. The van der Waals surface area contributed by atoms with Gasteiger partial charge < -0.3 is 13.7 Å². The average molecular weight is 896 g/mol. The van der Waals surface area contributed by atoms with Crippen LogP contribution in [0.3, 0.4) is 0 Å². The molecule has 7 heteroatoms. The van der Waals surface area contributed by atoms with Crippen molar-refractivity contribution in [1.82, 2.24) is 33.2 Å². The van der Waals surface area contributed by atoms with Crippen LogP contribution in [0.25, 0.3) is 128 Å². The van der Waals surface area contributed by atoms with Gasteiger partial charge in [-0.05, 0) is 79.1 Å². The molecule has 5 aromatic heterocycles. The molecule has 1 aliphatic carbocycles. The van der Waals surface area contributed by atoms with E-state index in [1.54, 1.807) is 0 Å². The quantitative estimate of drug-likeness (QED) is 0.167. The number of hydrogen-bond acceptors (Lipinski definition) is 3. The van der Waals surface area contributed by atoms with Crippen molar-refractivity contribution in [1.29, 1.82) is 0 Å². The number of nitrogens with zero attached hydrogens (tertiary/aromatic N) is 7. The zero-order valence-corrected chi connectivity index (χ0v) is 37.9. The lowest BCUT2D eigenvalue weighted by molar-refractivity contribution is 0.955. The summed E-state index contributed by atoms with van der Waals surface area (Å²) >= 11 is 0. The van der Waals surface area contributed by atoms with E-state index in [1.165, 1.54) is 44.0 Å². The minimum Gasteiger partial charge on any atom is -0.309 e. The molecule has 15 rings (SSSR count). The van der Waals surface area contributed by atoms with Crippen molar-refractivity contribution in [3.05, 3.63) is 230 Å². The largest absolute Gasteiger partial charge is 0.309 e. The molecular weight excluding hydrogens is 855 g/mol. The number of aryl methyl sites for hydroxylation is 1. The maximum absolute atomic E-state index is 5.31. The van der Waals surface area contributed by atoms with Gasteiger partial charge in [0.25, 0.3) is 0 Å². The first-order valence-corrected chi connectivity index (χ1v) is 24.0. The van der Waals surface area contributed by atoms with Crippen LogP contribution in [0.5, 0.6) is 0 Å². The van der Waals surface area contributed by atoms with Crippen LogP contribution in [0.4, 0.5) is 0 Å². The van der Waals surface area contributed by atoms with Gasteiger partial charge in [0.15, 0.2) is 11.6 Å². The Hall–Kier alpha value is -9.33. The van der Waals surface area contributed by atoms with Gasteiger partial charge in [-0.1, -0.05) is 164 Å². The molecule has 0 bridgehead atoms. The Morgan fingerprint density at radius 2 is 0.857 bits per heavy atom. The standard InChI is InChI=1S/C63H41N7/c1-4-19-40(20-5-1)61-64-62(41-21-6-2-7-22-41)66-63(65-61)70-54-33-16-12-27-45(54)48-37-38-56-57(58(48)70)51-30-13-17-34-55(51)67(56)43-25-18-26-44(39-43)69-53-32-15-11-29-47(53)50-36-35-49-46-28-10-14-31-52(46)68(59(49)60(50)69)42-23-8-3-9-24-42/h1-9,11-27,29-39H,10,28H2. The molecule has 14 aromatic rings. The van der Waals surface area contributed by atoms with Crippen molar-refractivity contribution < 1.29 is 0 Å². The lowest BCUT2D eigenvalue weighted by Gasteiger charge is -2.15. The number of hydrogen-bond donors (Lipinski definition) is 0. The lowest BCUT2D eigenvalue weighted by Crippen LogP contribution is -2.06. The van der Waals surface area contributed by atoms with Crippen molar-refractivity contribution in [2.45, 2.75) is 12.8 Å². The summed E-state index contributed by atoms with van der Waals surface area (Å²) in [6.07, 6.45) is 6.70. The fraction of sp³-hybridized carbons (Fsp3) is 0.0317. The summed E-state index contributed by atoms with van der Waals surface area (Å²) in [5, 5.41) is 8.33. The maximum atomic E-state index is 5.31. The molecule has 0 fully saturated rings. The topological polar surface area (TPSA) is 58.4 Å². The van der Waals surface area contributed by atoms with Gasteiger partial charge in [0.2, 0.25) is 5.95 Å². The highest BCUT2D eigenvalue weighted by molar-refractivity contribution is 6.26. The predicted molar refractivity (Wildman–Crippen MR) is 288 cm³/mol. The van der Waals surface area contributed by atoms with Crippen LogP contribution in [0, 0.1) is 0 Å². The van der Waals surface area contributed by atoms with Crippen LogP contribution in [0.2, 0.25) is 0 Å². The maximum Gasteiger partial charge on any atom is 0.238 e. The molecule has 0 saturated heterocycles. The highest BCUT2D eigenvalue weighted by Gasteiger charge is 2.26. The summed E-state index contributed by atoms with van der Waals surface area (Å²) in [5.41, 5.74) is 15.8. The molecule has 5 heterocycles. The van der Waals surface area contributed by atoms with Gasteiger partial charge in [-0.3, -0.25) is 4.57 Å². The Kier molecular flexibility index (Phi) is 8.35. The van der Waals surface area contributed by atoms with E-state index in [0.29, 0.717) is 17.6 Å². The van der Waals surface area contributed by atoms with E-state index in [2.05, 4.69) is 206 Å². The van der Waals surface area contributed by atoms with Crippen LogP contribution in [0.1, 0.15) is 17.7 Å². The molecule has 1 aliphatic rings. The smallest absolute Gasteiger partial charge is 0.238 e. The first-order chi connectivity index (χ1) is 34.8. The van der Waals surface area contributed by atoms with Crippen LogP contribution in [-0.4, -0.2) is 33.2 Å². The minimum atomic E-state index is 0.570. The summed E-state index contributed by atoms with van der Waals surface area (Å²) in [6.45, 7) is 0. The third-order valence-electron chi connectivity index (χ3n) is 14.5. The van der Waals surface area contributed by atoms with Gasteiger partial charge in [-0.25, -0.2) is 4.98 Å². The second kappa shape index (κ2) is 15.1. The van der Waals surface area contributed by atoms with E-state index in [4.69, 9.17) is 15.0 Å². The molecular formula is C63H41N7. The van der Waals surface area contributed by atoms with Gasteiger partial charge in [0, 0.05) is 71.6 Å². The van der Waals surface area contributed by atoms with Crippen molar-refractivity contribution in [2.75, 3.05) is 0 Å². The van der Waals surface area contributed by atoms with E-state index >= 15 is 0 Å². The predicted octanol–water partition coefficient (Wildman–Crippen LogP) is 15.4. The van der Waals surface area contributed by atoms with E-state index < -0.39 is 0 Å². The summed E-state index contributed by atoms with van der Waals surface area (Å²) in [4.78, 5) is 15.7. The molecule has 0 radical (unpaired) electrons. The second-order valence-electron chi connectivity index (χ2n) is 18.3. The van der Waals surface area contributed by atoms with Crippen molar-refractivity contribution in [3.63, 3.8) is 0 Å². The highest BCUT2D eigenvalue weighted by Crippen LogP contribution is 2.45. The molecule has 328 valence electrons. The SMILES string of the molecule is C1=Cc2c(c3ccc4c5ccccc5n(-c5cccc(-n6c7ccccc7c7c6ccc6c8ccccc8n(-c8nc(-c9ccccc9)nc(-c9ccccc9)n8)c67)c5)c4c3n2-c2ccccc2)CC1. The fourth-order valence-corrected chi connectivity index (χ4v) is 11.5. The van der Waals surface area contributed by atoms with Crippen molar-refractivity contribution in [2.24, 2.45) is 0 Å². The van der Waals surface area contributed by atoms with Gasteiger partial charge in [0.1, 0.15) is 0 Å². The van der Waals surface area contributed by atoms with Crippen molar-refractivity contribution in [3.8, 4) is 45.8 Å². The van der Waals surface area contributed by atoms with Gasteiger partial charge in [-0.2, -0.15) is 9.97 Å². The normalized spacial score (nSPS) is 12.7. The Balaban J connectivity index is 1.01. The van der Waals surface area contributed by atoms with E-state index in [-0.39, 0.29) is 0 Å². The summed E-state index contributed by atoms with van der Waals surface area (Å²) in [7, 11) is 0. The summed E-state index contributed by atoms with van der Waals surface area (Å²) < 4.78 is 9.70. The summed E-state index contributed by atoms with van der Waals surface area (Å²) in [6, 6.07) is 76.0. The van der Waals surface area contributed by atoms with Gasteiger partial charge in [-0.15, -0.1) is 0 Å². The average Bonchev–Trinajstić information content (AvgIpc) is 4.17. The van der Waals surface area contributed by atoms with E-state index in [0.717, 1.165) is 84.6 Å². The van der Waals surface area contributed by atoms with Crippen LogP contribution < -0.4 is 0 Å². The molecule has 0 saturated carbocycles. The van der Waals surface area contributed by atoms with E-state index in [9.17, 15) is 0 Å². The molecule has 0 aliphatic heterocycles. The Labute approximate surface area is 402 Å². The van der Waals surface area contributed by atoms with Gasteiger partial charge >= 0.3 is 0 Å². The first-order valence-electron chi connectivity index (χ1n) is 24.0. The van der Waals surface area contributed by atoms with Crippen molar-refractivity contribution >= 4 is 82.4 Å². The molecule has 7 nitrogen and oxygen atoms in total. The zero-order chi connectivity index (χ0) is 45.9. The molecule has 0 spiro atoms. The molecule has 0 unspecified atom stereocenters. The Morgan fingerprint density at radius 3 is 1.54 bits per heavy atom. The summed E-state index contributed by atoms with van der Waals surface area (Å²) in [5.74, 6) is 1.81. The molecule has 0 N–H and O–H groups in total. The number of aromatic nitrogens is 7. The number of benzene rings is 9. The Morgan fingerprint density at radius 1 is 0.343 bits per heavy atom. The van der Waals surface area contributed by atoms with E-state index in [1.807, 2.05) is 36.4 Å². The second-order valence-corrected chi connectivity index (χ2v) is 18.3. The number of allylic oxidation sites excluding steroid dienone is 1. The van der Waals surface area contributed by atoms with Gasteiger partial charge in [0.05, 0.1) is 38.6 Å². The number of para-hydroxylation sites is 4. The highest BCUT2D eigenvalue weighted by atomic mass is 15.2.